The average Bonchev–Trinajstić information content (AvgIpc) is 3.44. The zero-order chi connectivity index (χ0) is 23.6. The molecule has 3 aromatic heterocycles. The summed E-state index contributed by atoms with van der Waals surface area (Å²) >= 11 is 6.08. The fraction of sp³-hybridized carbons (Fsp3) is 0.227. The molecule has 10 nitrogen and oxygen atoms in total. The summed E-state index contributed by atoms with van der Waals surface area (Å²) < 4.78 is 3.32. The molecular formula is C22H23ClN8O2. The summed E-state index contributed by atoms with van der Waals surface area (Å²) in [7, 11) is 1.81. The number of imidazole rings is 1. The number of nitrogens with one attached hydrogen (secondary N) is 2. The summed E-state index contributed by atoms with van der Waals surface area (Å²) in [4.78, 5) is 26.0. The van der Waals surface area contributed by atoms with Crippen LogP contribution in [0.15, 0.2) is 55.2 Å². The maximum atomic E-state index is 12.9. The van der Waals surface area contributed by atoms with Gasteiger partial charge in [-0.15, -0.1) is 0 Å². The van der Waals surface area contributed by atoms with Crippen LogP contribution in [0.25, 0.3) is 5.82 Å². The third-order valence-corrected chi connectivity index (χ3v) is 5.47. The van der Waals surface area contributed by atoms with Crippen LogP contribution in [0.2, 0.25) is 5.02 Å². The lowest BCUT2D eigenvalue weighted by Gasteiger charge is -2.29. The van der Waals surface area contributed by atoms with Gasteiger partial charge in [-0.2, -0.15) is 10.1 Å². The van der Waals surface area contributed by atoms with Gasteiger partial charge in [0, 0.05) is 36.1 Å². The highest BCUT2D eigenvalue weighted by molar-refractivity contribution is 6.30. The highest BCUT2D eigenvalue weighted by Gasteiger charge is 2.29. The number of hydrogen-bond donors (Lipinski definition) is 3. The van der Waals surface area contributed by atoms with Crippen LogP contribution in [0.3, 0.4) is 0 Å². The molecule has 1 amide bonds. The predicted molar refractivity (Wildman–Crippen MR) is 124 cm³/mol. The Bertz CT molecular complexity index is 1300. The first-order valence-electron chi connectivity index (χ1n) is 10.1. The van der Waals surface area contributed by atoms with E-state index >= 15 is 0 Å². The number of aliphatic hydroxyl groups excluding tert-OH is 1. The minimum atomic E-state index is -1.03. The summed E-state index contributed by atoms with van der Waals surface area (Å²) in [6, 6.07) is 8.80. The maximum Gasteiger partial charge on any atom is 0.272 e. The van der Waals surface area contributed by atoms with E-state index in [0.29, 0.717) is 22.4 Å². The highest BCUT2D eigenvalue weighted by atomic mass is 35.5. The fourth-order valence-corrected chi connectivity index (χ4v) is 3.46. The van der Waals surface area contributed by atoms with Gasteiger partial charge in [0.25, 0.3) is 5.91 Å². The largest absolute Gasteiger partial charge is 0.394 e. The lowest BCUT2D eigenvalue weighted by atomic mass is 9.92. The van der Waals surface area contributed by atoms with Crippen molar-refractivity contribution in [3.63, 3.8) is 0 Å². The molecule has 0 fully saturated rings. The zero-order valence-electron chi connectivity index (χ0n) is 18.3. The molecule has 0 saturated carbocycles. The number of hydrogen-bond acceptors (Lipinski definition) is 7. The number of carbonyl (C=O) groups excluding carboxylic acids is 1. The van der Waals surface area contributed by atoms with E-state index in [4.69, 9.17) is 11.6 Å². The van der Waals surface area contributed by atoms with Crippen LogP contribution in [0, 0.1) is 6.92 Å². The van der Waals surface area contributed by atoms with E-state index in [1.807, 2.05) is 14.0 Å². The molecule has 170 valence electrons. The molecule has 0 bridgehead atoms. The van der Waals surface area contributed by atoms with Crippen LogP contribution in [0.5, 0.6) is 0 Å². The Hall–Kier alpha value is -3.76. The number of halogens is 1. The Labute approximate surface area is 195 Å². The van der Waals surface area contributed by atoms with Crippen molar-refractivity contribution in [2.75, 3.05) is 11.9 Å². The number of amides is 1. The summed E-state index contributed by atoms with van der Waals surface area (Å²) in [5.41, 5.74) is 0.629. The molecular weight excluding hydrogens is 444 g/mol. The molecule has 0 aliphatic heterocycles. The maximum absolute atomic E-state index is 12.9. The molecule has 0 aliphatic rings. The van der Waals surface area contributed by atoms with Crippen LogP contribution in [0.1, 0.15) is 28.5 Å². The lowest BCUT2D eigenvalue weighted by molar-refractivity contribution is 0.0845. The van der Waals surface area contributed by atoms with Crippen molar-refractivity contribution in [1.82, 2.24) is 34.6 Å². The number of benzene rings is 1. The summed E-state index contributed by atoms with van der Waals surface area (Å²) in [5, 5.41) is 20.6. The molecule has 3 N–H and O–H groups in total. The highest BCUT2D eigenvalue weighted by Crippen LogP contribution is 2.24. The number of nitrogens with zero attached hydrogens (tertiary/aromatic N) is 6. The van der Waals surface area contributed by atoms with Crippen molar-refractivity contribution in [2.45, 2.75) is 19.4 Å². The lowest BCUT2D eigenvalue weighted by Crippen LogP contribution is -2.46. The van der Waals surface area contributed by atoms with Crippen molar-refractivity contribution >= 4 is 29.3 Å². The van der Waals surface area contributed by atoms with E-state index in [1.54, 1.807) is 65.1 Å². The normalized spacial score (nSPS) is 12.9. The molecule has 0 radical (unpaired) electrons. The molecule has 0 aliphatic carbocycles. The Morgan fingerprint density at radius 3 is 2.79 bits per heavy atom. The number of aryl methyl sites for hydroxylation is 2. The van der Waals surface area contributed by atoms with Gasteiger partial charge in [-0.1, -0.05) is 23.7 Å². The monoisotopic (exact) mass is 466 g/mol. The minimum absolute atomic E-state index is 0.177. The third-order valence-electron chi connectivity index (χ3n) is 5.23. The van der Waals surface area contributed by atoms with Crippen molar-refractivity contribution in [2.24, 2.45) is 7.05 Å². The molecule has 0 spiro atoms. The molecule has 33 heavy (non-hydrogen) atoms. The summed E-state index contributed by atoms with van der Waals surface area (Å²) in [6.07, 6.45) is 6.44. The summed E-state index contributed by atoms with van der Waals surface area (Å²) in [5.74, 6) is 1.25. The number of aliphatic hydroxyl groups is 1. The standard InChI is InChI=1S/C22H23ClN8O2/c1-14-10-24-21(27-18-7-8-26-30(18)3)28-19(14)31-11-17(25-13-31)20(33)29-22(2,12-32)15-5-4-6-16(23)9-15/h4-11,13,32H,12H2,1-3H3,(H,29,33)(H,24,27,28)/t22-/m0/s1. The second-order valence-corrected chi connectivity index (χ2v) is 8.22. The molecule has 0 saturated heterocycles. The van der Waals surface area contributed by atoms with Gasteiger partial charge in [0.1, 0.15) is 23.7 Å². The van der Waals surface area contributed by atoms with Crippen molar-refractivity contribution in [1.29, 1.82) is 0 Å². The topological polar surface area (TPSA) is 123 Å². The van der Waals surface area contributed by atoms with Crippen LogP contribution in [-0.4, -0.2) is 46.9 Å². The van der Waals surface area contributed by atoms with Crippen molar-refractivity contribution in [3.05, 3.63) is 77.1 Å². The smallest absolute Gasteiger partial charge is 0.272 e. The first kappa shape index (κ1) is 22.4. The van der Waals surface area contributed by atoms with Gasteiger partial charge in [-0.3, -0.25) is 14.0 Å². The van der Waals surface area contributed by atoms with E-state index in [-0.39, 0.29) is 12.3 Å². The molecule has 1 aromatic carbocycles. The second-order valence-electron chi connectivity index (χ2n) is 7.79. The molecule has 3 heterocycles. The van der Waals surface area contributed by atoms with Gasteiger partial charge in [-0.05, 0) is 31.5 Å². The number of carbonyl (C=O) groups is 1. The van der Waals surface area contributed by atoms with Crippen LogP contribution >= 0.6 is 11.6 Å². The molecule has 4 rings (SSSR count). The summed E-state index contributed by atoms with van der Waals surface area (Å²) in [6.45, 7) is 3.28. The minimum Gasteiger partial charge on any atom is -0.394 e. The SMILES string of the molecule is Cc1cnc(Nc2ccnn2C)nc1-n1cnc(C(=O)N[C@@](C)(CO)c2cccc(Cl)c2)c1. The van der Waals surface area contributed by atoms with Gasteiger partial charge in [0.15, 0.2) is 0 Å². The van der Waals surface area contributed by atoms with Crippen LogP contribution in [-0.2, 0) is 12.6 Å². The Kier molecular flexibility index (Phi) is 6.12. The number of anilines is 2. The van der Waals surface area contributed by atoms with Crippen molar-refractivity contribution < 1.29 is 9.90 Å². The van der Waals surface area contributed by atoms with Gasteiger partial charge < -0.3 is 15.7 Å². The van der Waals surface area contributed by atoms with E-state index in [0.717, 1.165) is 11.4 Å². The van der Waals surface area contributed by atoms with E-state index in [9.17, 15) is 9.90 Å². The van der Waals surface area contributed by atoms with Crippen LogP contribution in [0.4, 0.5) is 11.8 Å². The Morgan fingerprint density at radius 1 is 1.27 bits per heavy atom. The first-order valence-corrected chi connectivity index (χ1v) is 10.5. The van der Waals surface area contributed by atoms with Gasteiger partial charge >= 0.3 is 0 Å². The quantitative estimate of drug-likeness (QED) is 0.382. The van der Waals surface area contributed by atoms with Crippen molar-refractivity contribution in [3.8, 4) is 5.82 Å². The Morgan fingerprint density at radius 2 is 2.09 bits per heavy atom. The third kappa shape index (κ3) is 4.71. The van der Waals surface area contributed by atoms with Gasteiger partial charge in [-0.25, -0.2) is 9.97 Å². The molecule has 11 heteroatoms. The molecule has 0 unspecified atom stereocenters. The van der Waals surface area contributed by atoms with E-state index < -0.39 is 11.4 Å². The van der Waals surface area contributed by atoms with E-state index in [2.05, 4.69) is 30.7 Å². The van der Waals surface area contributed by atoms with Gasteiger partial charge in [0.05, 0.1) is 18.3 Å². The second kappa shape index (κ2) is 9.00. The molecule has 4 aromatic rings. The Balaban J connectivity index is 1.57. The first-order chi connectivity index (χ1) is 15.8. The number of rotatable bonds is 7. The average molecular weight is 467 g/mol. The zero-order valence-corrected chi connectivity index (χ0v) is 19.1. The van der Waals surface area contributed by atoms with Gasteiger partial charge in [0.2, 0.25) is 5.95 Å². The number of aromatic nitrogens is 6. The molecule has 1 atom stereocenters. The predicted octanol–water partition coefficient (Wildman–Crippen LogP) is 2.74. The fourth-order valence-electron chi connectivity index (χ4n) is 3.27. The van der Waals surface area contributed by atoms with E-state index in [1.165, 1.54) is 6.33 Å². The van der Waals surface area contributed by atoms with Crippen LogP contribution < -0.4 is 10.6 Å².